The minimum absolute atomic E-state index is 0.102. The predicted octanol–water partition coefficient (Wildman–Crippen LogP) is 2.01. The number of esters is 2. The van der Waals surface area contributed by atoms with Crippen LogP contribution < -0.4 is 0 Å². The van der Waals surface area contributed by atoms with Crippen LogP contribution in [-0.4, -0.2) is 43.2 Å². The Balaban J connectivity index is 2.73. The number of carbonyl (C=O) groups excluding carboxylic acids is 2. The smallest absolute Gasteiger partial charge is 0.340 e. The van der Waals surface area contributed by atoms with Crippen molar-refractivity contribution >= 4 is 18.0 Å². The molecule has 1 heterocycles. The molecule has 0 aromatic heterocycles. The fourth-order valence-electron chi connectivity index (χ4n) is 2.44. The standard InChI is InChI=1S/C17H19NO5/c1-10-13-8-12(19)6-5-11(13)7-14(16(20)22-3)15(9-18(10)2)17(21)23-4/h5-10,19H,1-4H3. The Bertz CT molecular complexity index is 705. The van der Waals surface area contributed by atoms with Crippen molar-refractivity contribution in [2.75, 3.05) is 21.3 Å². The molecular weight excluding hydrogens is 298 g/mol. The fourth-order valence-corrected chi connectivity index (χ4v) is 2.44. The highest BCUT2D eigenvalue weighted by molar-refractivity contribution is 6.10. The molecule has 6 nitrogen and oxygen atoms in total. The van der Waals surface area contributed by atoms with Gasteiger partial charge in [0, 0.05) is 13.2 Å². The molecule has 2 rings (SSSR count). The van der Waals surface area contributed by atoms with E-state index in [0.29, 0.717) is 0 Å². The highest BCUT2D eigenvalue weighted by Crippen LogP contribution is 2.32. The fraction of sp³-hybridized carbons (Fsp3) is 0.294. The van der Waals surface area contributed by atoms with Gasteiger partial charge < -0.3 is 19.5 Å². The molecule has 122 valence electrons. The van der Waals surface area contributed by atoms with Crippen LogP contribution in [0.4, 0.5) is 0 Å². The molecule has 1 atom stereocenters. The first-order valence-electron chi connectivity index (χ1n) is 7.04. The molecule has 0 saturated heterocycles. The summed E-state index contributed by atoms with van der Waals surface area (Å²) < 4.78 is 9.57. The summed E-state index contributed by atoms with van der Waals surface area (Å²) in [5.74, 6) is -1.12. The van der Waals surface area contributed by atoms with Crippen molar-refractivity contribution in [1.82, 2.24) is 4.90 Å². The monoisotopic (exact) mass is 317 g/mol. The van der Waals surface area contributed by atoms with E-state index >= 15 is 0 Å². The Kier molecular flexibility index (Phi) is 4.74. The maximum Gasteiger partial charge on any atom is 0.340 e. The van der Waals surface area contributed by atoms with Crippen molar-refractivity contribution in [3.63, 3.8) is 0 Å². The van der Waals surface area contributed by atoms with Gasteiger partial charge in [0.25, 0.3) is 0 Å². The summed E-state index contributed by atoms with van der Waals surface area (Å²) in [6.45, 7) is 1.93. The number of ether oxygens (including phenoxy) is 2. The van der Waals surface area contributed by atoms with Crippen LogP contribution in [0.3, 0.4) is 0 Å². The van der Waals surface area contributed by atoms with Gasteiger partial charge >= 0.3 is 11.9 Å². The molecule has 1 N–H and O–H groups in total. The first-order chi connectivity index (χ1) is 10.9. The minimum Gasteiger partial charge on any atom is -0.508 e. The Morgan fingerprint density at radius 2 is 1.74 bits per heavy atom. The topological polar surface area (TPSA) is 76.1 Å². The molecule has 0 radical (unpaired) electrons. The van der Waals surface area contributed by atoms with E-state index in [1.807, 2.05) is 6.92 Å². The summed E-state index contributed by atoms with van der Waals surface area (Å²) in [6.07, 6.45) is 3.12. The summed E-state index contributed by atoms with van der Waals surface area (Å²) in [5.41, 5.74) is 1.77. The van der Waals surface area contributed by atoms with Crippen LogP contribution in [0.5, 0.6) is 5.75 Å². The van der Waals surface area contributed by atoms with Gasteiger partial charge in [-0.1, -0.05) is 6.07 Å². The van der Waals surface area contributed by atoms with E-state index in [1.54, 1.807) is 36.4 Å². The number of rotatable bonds is 2. The molecule has 1 aromatic rings. The first-order valence-corrected chi connectivity index (χ1v) is 7.04. The van der Waals surface area contributed by atoms with E-state index in [1.165, 1.54) is 20.3 Å². The van der Waals surface area contributed by atoms with Crippen molar-refractivity contribution in [1.29, 1.82) is 0 Å². The Morgan fingerprint density at radius 1 is 1.13 bits per heavy atom. The zero-order valence-corrected chi connectivity index (χ0v) is 13.5. The molecule has 0 bridgehead atoms. The predicted molar refractivity (Wildman–Crippen MR) is 84.4 cm³/mol. The van der Waals surface area contributed by atoms with Crippen LogP contribution in [-0.2, 0) is 19.1 Å². The lowest BCUT2D eigenvalue weighted by molar-refractivity contribution is -0.139. The van der Waals surface area contributed by atoms with Crippen LogP contribution in [0.1, 0.15) is 24.1 Å². The molecule has 1 aliphatic heterocycles. The van der Waals surface area contributed by atoms with Gasteiger partial charge in [-0.3, -0.25) is 0 Å². The maximum absolute atomic E-state index is 12.1. The third kappa shape index (κ3) is 3.21. The average Bonchev–Trinajstić information content (AvgIpc) is 2.55. The number of hydrogen-bond acceptors (Lipinski definition) is 6. The Hall–Kier alpha value is -2.76. The van der Waals surface area contributed by atoms with E-state index in [2.05, 4.69) is 0 Å². The number of phenolic OH excluding ortho intramolecular Hbond substituents is 1. The maximum atomic E-state index is 12.1. The zero-order valence-electron chi connectivity index (χ0n) is 13.5. The molecule has 1 aliphatic rings. The Labute approximate surface area is 134 Å². The van der Waals surface area contributed by atoms with Gasteiger partial charge in [0.1, 0.15) is 5.75 Å². The van der Waals surface area contributed by atoms with Gasteiger partial charge in [0.2, 0.25) is 0 Å². The van der Waals surface area contributed by atoms with E-state index in [-0.39, 0.29) is 22.9 Å². The lowest BCUT2D eigenvalue weighted by Crippen LogP contribution is -2.24. The zero-order chi connectivity index (χ0) is 17.1. The van der Waals surface area contributed by atoms with E-state index in [4.69, 9.17) is 9.47 Å². The van der Waals surface area contributed by atoms with Crippen molar-refractivity contribution < 1.29 is 24.2 Å². The Morgan fingerprint density at radius 3 is 2.35 bits per heavy atom. The normalized spacial score (nSPS) is 17.2. The molecule has 0 fully saturated rings. The molecule has 1 aromatic carbocycles. The molecular formula is C17H19NO5. The average molecular weight is 317 g/mol. The number of hydrogen-bond donors (Lipinski definition) is 1. The van der Waals surface area contributed by atoms with Gasteiger partial charge in [0.15, 0.2) is 0 Å². The summed E-state index contributed by atoms with van der Waals surface area (Å²) in [5, 5.41) is 9.73. The third-order valence-corrected chi connectivity index (χ3v) is 3.86. The van der Waals surface area contributed by atoms with E-state index in [0.717, 1.165) is 11.1 Å². The lowest BCUT2D eigenvalue weighted by Gasteiger charge is -2.28. The molecule has 23 heavy (non-hydrogen) atoms. The van der Waals surface area contributed by atoms with Crippen molar-refractivity contribution in [3.05, 3.63) is 46.7 Å². The highest BCUT2D eigenvalue weighted by Gasteiger charge is 2.27. The largest absolute Gasteiger partial charge is 0.508 e. The van der Waals surface area contributed by atoms with Crippen LogP contribution in [0.15, 0.2) is 35.5 Å². The van der Waals surface area contributed by atoms with Crippen LogP contribution in [0.25, 0.3) is 6.08 Å². The number of methoxy groups -OCH3 is 2. The van der Waals surface area contributed by atoms with E-state index in [9.17, 15) is 14.7 Å². The number of phenols is 1. The summed E-state index contributed by atoms with van der Waals surface area (Å²) >= 11 is 0. The molecule has 6 heteroatoms. The van der Waals surface area contributed by atoms with Crippen LogP contribution in [0.2, 0.25) is 0 Å². The van der Waals surface area contributed by atoms with Gasteiger partial charge in [-0.25, -0.2) is 9.59 Å². The lowest BCUT2D eigenvalue weighted by atomic mass is 9.94. The summed E-state index contributed by atoms with van der Waals surface area (Å²) in [6, 6.07) is 4.74. The molecule has 0 spiro atoms. The van der Waals surface area contributed by atoms with Crippen LogP contribution >= 0.6 is 0 Å². The highest BCUT2D eigenvalue weighted by atomic mass is 16.5. The van der Waals surface area contributed by atoms with Crippen molar-refractivity contribution in [3.8, 4) is 5.75 Å². The molecule has 0 amide bonds. The number of benzene rings is 1. The van der Waals surface area contributed by atoms with Crippen LogP contribution in [0, 0.1) is 0 Å². The van der Waals surface area contributed by atoms with Gasteiger partial charge in [-0.15, -0.1) is 0 Å². The van der Waals surface area contributed by atoms with Crippen molar-refractivity contribution in [2.45, 2.75) is 13.0 Å². The number of fused-ring (bicyclic) bond motifs is 1. The first kappa shape index (κ1) is 16.6. The molecule has 0 saturated carbocycles. The quantitative estimate of drug-likeness (QED) is 0.841. The third-order valence-electron chi connectivity index (χ3n) is 3.86. The molecule has 1 unspecified atom stereocenters. The second-order valence-corrected chi connectivity index (χ2v) is 5.24. The van der Waals surface area contributed by atoms with Gasteiger partial charge in [0.05, 0.1) is 31.4 Å². The van der Waals surface area contributed by atoms with Gasteiger partial charge in [-0.2, -0.15) is 0 Å². The minimum atomic E-state index is -0.636. The number of aromatic hydroxyl groups is 1. The number of carbonyl (C=O) groups is 2. The van der Waals surface area contributed by atoms with Crippen molar-refractivity contribution in [2.24, 2.45) is 0 Å². The van der Waals surface area contributed by atoms with E-state index < -0.39 is 11.9 Å². The van der Waals surface area contributed by atoms with Gasteiger partial charge in [-0.05, 0) is 36.3 Å². The summed E-state index contributed by atoms with van der Waals surface area (Å²) in [4.78, 5) is 26.0. The second kappa shape index (κ2) is 6.56. The summed E-state index contributed by atoms with van der Waals surface area (Å²) in [7, 11) is 4.29. The molecule has 0 aliphatic carbocycles. The second-order valence-electron chi connectivity index (χ2n) is 5.24. The SMILES string of the molecule is COC(=O)C1=Cc2ccc(O)cc2C(C)N(C)C=C1C(=O)OC. The number of nitrogens with zero attached hydrogens (tertiary/aromatic N) is 1.